The molecule has 0 aliphatic carbocycles. The third-order valence-corrected chi connectivity index (χ3v) is 0.574. The summed E-state index contributed by atoms with van der Waals surface area (Å²) in [4.78, 5) is 0. The fourth-order valence-corrected chi connectivity index (χ4v) is 0. The Morgan fingerprint density at radius 1 is 1.67 bits per heavy atom. The van der Waals surface area contributed by atoms with Gasteiger partial charge in [0.05, 0.1) is 0 Å². The Hall–Kier alpha value is -0.0900. The Labute approximate surface area is 36.5 Å². The van der Waals surface area contributed by atoms with Gasteiger partial charge in [-0.1, -0.05) is 0 Å². The van der Waals surface area contributed by atoms with Crippen LogP contribution in [-0.4, -0.2) is 19.8 Å². The van der Waals surface area contributed by atoms with E-state index in [2.05, 4.69) is 0 Å². The average Bonchev–Trinajstić information content (AvgIpc) is 1.35. The Kier molecular flexibility index (Phi) is 1.55. The molecule has 1 N–H and O–H groups in total. The van der Waals surface area contributed by atoms with E-state index in [9.17, 15) is 8.42 Å². The van der Waals surface area contributed by atoms with Gasteiger partial charge in [-0.25, -0.2) is 8.42 Å². The topological polar surface area (TPSA) is 54.4 Å². The Balaban J connectivity index is 3.85. The second-order valence-corrected chi connectivity index (χ2v) is 2.80. The molecule has 0 amide bonds. The fraction of sp³-hybridized carbons (Fsp3) is 0.500. The van der Waals surface area contributed by atoms with Gasteiger partial charge in [-0.3, -0.25) is 0 Å². The molecule has 1 radical (unpaired) electrons. The van der Waals surface area contributed by atoms with E-state index in [0.717, 1.165) is 6.26 Å². The highest BCUT2D eigenvalue weighted by Gasteiger charge is 1.94. The summed E-state index contributed by atoms with van der Waals surface area (Å²) >= 11 is 0. The third-order valence-electron chi connectivity index (χ3n) is 0.191. The molecule has 0 saturated heterocycles. The molecule has 4 heteroatoms. The number of hydrogen-bond acceptors (Lipinski definition) is 3. The molecule has 0 aliphatic heterocycles. The van der Waals surface area contributed by atoms with Crippen molar-refractivity contribution < 1.29 is 13.5 Å². The standard InChI is InChI=1S/C2H5O3S/c1-6(4,5)2-3/h2-3H,1H3. The minimum atomic E-state index is -3.23. The fourth-order valence-electron chi connectivity index (χ4n) is 0. The van der Waals surface area contributed by atoms with E-state index in [0.29, 0.717) is 0 Å². The molecule has 6 heavy (non-hydrogen) atoms. The first-order valence-corrected chi connectivity index (χ1v) is 3.19. The van der Waals surface area contributed by atoms with Gasteiger partial charge in [0, 0.05) is 6.26 Å². The first kappa shape index (κ1) is 5.91. The number of hydrogen-bond donors (Lipinski definition) is 1. The summed E-state index contributed by atoms with van der Waals surface area (Å²) in [5.41, 5.74) is 0. The lowest BCUT2D eigenvalue weighted by Crippen LogP contribution is -1.93. The van der Waals surface area contributed by atoms with Crippen LogP contribution >= 0.6 is 0 Å². The molecule has 0 unspecified atom stereocenters. The highest BCUT2D eigenvalue weighted by atomic mass is 32.2. The maximum atomic E-state index is 9.69. The molecule has 0 bridgehead atoms. The second-order valence-electron chi connectivity index (χ2n) is 0.935. The van der Waals surface area contributed by atoms with Gasteiger partial charge in [-0.05, 0) is 0 Å². The van der Waals surface area contributed by atoms with Crippen molar-refractivity contribution in [3.8, 4) is 0 Å². The van der Waals surface area contributed by atoms with Crippen LogP contribution in [0.2, 0.25) is 0 Å². The van der Waals surface area contributed by atoms with Crippen molar-refractivity contribution in [2.75, 3.05) is 6.26 Å². The van der Waals surface area contributed by atoms with E-state index in [-0.39, 0.29) is 5.94 Å². The molecule has 0 heterocycles. The van der Waals surface area contributed by atoms with Gasteiger partial charge in [0.1, 0.15) is 0 Å². The average molecular weight is 109 g/mol. The van der Waals surface area contributed by atoms with Gasteiger partial charge in [0.25, 0.3) is 0 Å². The van der Waals surface area contributed by atoms with Crippen molar-refractivity contribution in [2.24, 2.45) is 0 Å². The van der Waals surface area contributed by atoms with Crippen molar-refractivity contribution in [3.63, 3.8) is 0 Å². The SMILES string of the molecule is CS(=O)(=O)[CH]O. The summed E-state index contributed by atoms with van der Waals surface area (Å²) in [7, 11) is -3.23. The third kappa shape index (κ3) is 3.91. The number of rotatable bonds is 1. The van der Waals surface area contributed by atoms with Crippen molar-refractivity contribution in [3.05, 3.63) is 5.94 Å². The monoisotopic (exact) mass is 109 g/mol. The molecule has 3 nitrogen and oxygen atoms in total. The van der Waals surface area contributed by atoms with Crippen LogP contribution < -0.4 is 0 Å². The summed E-state index contributed by atoms with van der Waals surface area (Å²) in [5, 5.41) is 7.69. The predicted molar refractivity (Wildman–Crippen MR) is 21.1 cm³/mol. The summed E-state index contributed by atoms with van der Waals surface area (Å²) in [5.74, 6) is 0.160. The zero-order valence-electron chi connectivity index (χ0n) is 3.25. The van der Waals surface area contributed by atoms with Gasteiger partial charge in [0.15, 0.2) is 15.8 Å². The maximum absolute atomic E-state index is 9.69. The predicted octanol–water partition coefficient (Wildman–Crippen LogP) is -0.477. The van der Waals surface area contributed by atoms with E-state index < -0.39 is 9.84 Å². The number of aliphatic hydroxyl groups excluding tert-OH is 1. The van der Waals surface area contributed by atoms with Crippen molar-refractivity contribution in [2.45, 2.75) is 0 Å². The first-order valence-electron chi connectivity index (χ1n) is 1.24. The van der Waals surface area contributed by atoms with Crippen LogP contribution in [0.25, 0.3) is 0 Å². The maximum Gasteiger partial charge on any atom is 0.195 e. The minimum Gasteiger partial charge on any atom is -0.374 e. The highest BCUT2D eigenvalue weighted by molar-refractivity contribution is 7.92. The summed E-state index contributed by atoms with van der Waals surface area (Å²) in [6.07, 6.45) is 0.910. The lowest BCUT2D eigenvalue weighted by Gasteiger charge is -1.79. The van der Waals surface area contributed by atoms with Gasteiger partial charge in [-0.2, -0.15) is 0 Å². The molecule has 0 aromatic heterocycles. The molecular weight excluding hydrogens is 104 g/mol. The molecular formula is C2H5O3S. The number of aliphatic hydroxyl groups is 1. The largest absolute Gasteiger partial charge is 0.374 e. The van der Waals surface area contributed by atoms with Crippen LogP contribution in [0, 0.1) is 5.94 Å². The molecule has 0 atom stereocenters. The van der Waals surface area contributed by atoms with Gasteiger partial charge >= 0.3 is 0 Å². The zero-order chi connectivity index (χ0) is 5.21. The zero-order valence-corrected chi connectivity index (χ0v) is 4.07. The van der Waals surface area contributed by atoms with Crippen molar-refractivity contribution >= 4 is 9.84 Å². The van der Waals surface area contributed by atoms with Crippen LogP contribution in [0.15, 0.2) is 0 Å². The van der Waals surface area contributed by atoms with Gasteiger partial charge in [-0.15, -0.1) is 0 Å². The first-order chi connectivity index (χ1) is 2.56. The van der Waals surface area contributed by atoms with Crippen molar-refractivity contribution in [1.29, 1.82) is 0 Å². The molecule has 0 aromatic rings. The van der Waals surface area contributed by atoms with Crippen LogP contribution in [-0.2, 0) is 9.84 Å². The highest BCUT2D eigenvalue weighted by Crippen LogP contribution is 1.79. The lowest BCUT2D eigenvalue weighted by molar-refractivity contribution is 0.430. The van der Waals surface area contributed by atoms with E-state index >= 15 is 0 Å². The molecule has 0 saturated carbocycles. The number of sulfone groups is 1. The van der Waals surface area contributed by atoms with E-state index in [1.54, 1.807) is 0 Å². The Morgan fingerprint density at radius 3 is 1.83 bits per heavy atom. The summed E-state index contributed by atoms with van der Waals surface area (Å²) in [6.45, 7) is 0. The van der Waals surface area contributed by atoms with E-state index in [4.69, 9.17) is 5.11 Å². The van der Waals surface area contributed by atoms with Gasteiger partial charge in [0.2, 0.25) is 0 Å². The van der Waals surface area contributed by atoms with Crippen LogP contribution in [0.1, 0.15) is 0 Å². The van der Waals surface area contributed by atoms with Gasteiger partial charge < -0.3 is 5.11 Å². The smallest absolute Gasteiger partial charge is 0.195 e. The molecule has 37 valence electrons. The van der Waals surface area contributed by atoms with E-state index in [1.165, 1.54) is 0 Å². The summed E-state index contributed by atoms with van der Waals surface area (Å²) < 4.78 is 19.4. The van der Waals surface area contributed by atoms with Crippen LogP contribution in [0.5, 0.6) is 0 Å². The second kappa shape index (κ2) is 1.57. The molecule has 0 spiro atoms. The van der Waals surface area contributed by atoms with E-state index in [1.807, 2.05) is 0 Å². The normalized spacial score (nSPS) is 11.7. The Morgan fingerprint density at radius 2 is 1.83 bits per heavy atom. The quantitative estimate of drug-likeness (QED) is 0.495. The van der Waals surface area contributed by atoms with Crippen LogP contribution in [0.3, 0.4) is 0 Å². The summed E-state index contributed by atoms with van der Waals surface area (Å²) in [6, 6.07) is 0. The van der Waals surface area contributed by atoms with Crippen LogP contribution in [0.4, 0.5) is 0 Å². The molecule has 0 aromatic carbocycles. The Bertz CT molecular complexity index is 111. The van der Waals surface area contributed by atoms with Crippen molar-refractivity contribution in [1.82, 2.24) is 0 Å². The molecule has 0 aliphatic rings. The molecule has 0 fully saturated rings. The lowest BCUT2D eigenvalue weighted by atomic mass is 11.7. The molecule has 0 rings (SSSR count). The minimum absolute atomic E-state index is 0.160.